The Bertz CT molecular complexity index is 579. The maximum absolute atomic E-state index is 12.4. The highest BCUT2D eigenvalue weighted by atomic mass is 16.5. The number of aromatic nitrogens is 2. The normalized spacial score (nSPS) is 16.8. The molecular formula is C17H29N5O3. The van der Waals surface area contributed by atoms with Crippen molar-refractivity contribution in [2.24, 2.45) is 0 Å². The topological polar surface area (TPSA) is 79.7 Å². The van der Waals surface area contributed by atoms with E-state index in [1.54, 1.807) is 6.92 Å². The molecular weight excluding hydrogens is 322 g/mol. The van der Waals surface area contributed by atoms with E-state index >= 15 is 0 Å². The first-order chi connectivity index (χ1) is 11.9. The molecule has 8 nitrogen and oxygen atoms in total. The van der Waals surface area contributed by atoms with Gasteiger partial charge in [0.1, 0.15) is 11.9 Å². The van der Waals surface area contributed by atoms with Crippen LogP contribution >= 0.6 is 0 Å². The smallest absolute Gasteiger partial charge is 0.407 e. The fourth-order valence-electron chi connectivity index (χ4n) is 3.11. The van der Waals surface area contributed by atoms with E-state index in [1.807, 2.05) is 17.3 Å². The molecule has 1 atom stereocenters. The summed E-state index contributed by atoms with van der Waals surface area (Å²) in [5.74, 6) is 1.40. The number of imidazole rings is 1. The first-order valence-electron chi connectivity index (χ1n) is 8.71. The number of methoxy groups -OCH3 is 1. The molecule has 8 heteroatoms. The molecule has 0 bridgehead atoms. The van der Waals surface area contributed by atoms with E-state index in [4.69, 9.17) is 0 Å². The molecule has 25 heavy (non-hydrogen) atoms. The van der Waals surface area contributed by atoms with Crippen LogP contribution in [-0.2, 0) is 16.1 Å². The Labute approximate surface area is 149 Å². The third-order valence-corrected chi connectivity index (χ3v) is 4.60. The minimum atomic E-state index is -0.585. The Kier molecular flexibility index (Phi) is 6.81. The van der Waals surface area contributed by atoms with Gasteiger partial charge in [0, 0.05) is 44.5 Å². The van der Waals surface area contributed by atoms with E-state index in [0.717, 1.165) is 31.8 Å². The largest absolute Gasteiger partial charge is 0.453 e. The standard InChI is InChI=1S/C17H29N5O3/c1-13(19-17(24)25-4)16(23)22-8-5-14(6-9-22)15-18-7-10-21(15)12-11-20(2)3/h7,10,13-14H,5-6,8-9,11-12H2,1-4H3,(H,19,24). The third-order valence-electron chi connectivity index (χ3n) is 4.60. The van der Waals surface area contributed by atoms with E-state index in [2.05, 4.69) is 38.6 Å². The maximum atomic E-state index is 12.4. The molecule has 1 aromatic heterocycles. The van der Waals surface area contributed by atoms with Gasteiger partial charge in [-0.1, -0.05) is 0 Å². The lowest BCUT2D eigenvalue weighted by Gasteiger charge is -2.33. The van der Waals surface area contributed by atoms with Crippen molar-refractivity contribution in [2.75, 3.05) is 40.8 Å². The van der Waals surface area contributed by atoms with E-state index in [0.29, 0.717) is 19.0 Å². The Morgan fingerprint density at radius 3 is 2.68 bits per heavy atom. The number of likely N-dealkylation sites (tertiary alicyclic amines) is 1. The molecule has 0 aliphatic carbocycles. The van der Waals surface area contributed by atoms with Gasteiger partial charge in [-0.25, -0.2) is 9.78 Å². The first kappa shape index (κ1) is 19.2. The summed E-state index contributed by atoms with van der Waals surface area (Å²) in [6.45, 7) is 4.92. The molecule has 1 saturated heterocycles. The van der Waals surface area contributed by atoms with E-state index < -0.39 is 12.1 Å². The van der Waals surface area contributed by atoms with Gasteiger partial charge in [0.05, 0.1) is 7.11 Å². The van der Waals surface area contributed by atoms with Crippen molar-refractivity contribution < 1.29 is 14.3 Å². The summed E-state index contributed by atoms with van der Waals surface area (Å²) in [6, 6.07) is -0.578. The summed E-state index contributed by atoms with van der Waals surface area (Å²) < 4.78 is 6.75. The molecule has 1 fully saturated rings. The van der Waals surface area contributed by atoms with Gasteiger partial charge >= 0.3 is 6.09 Å². The third kappa shape index (κ3) is 5.19. The average Bonchev–Trinajstić information content (AvgIpc) is 3.07. The van der Waals surface area contributed by atoms with Gasteiger partial charge in [-0.05, 0) is 33.9 Å². The molecule has 1 unspecified atom stereocenters. The lowest BCUT2D eigenvalue weighted by Crippen LogP contribution is -2.49. The number of hydrogen-bond acceptors (Lipinski definition) is 5. The number of nitrogens with zero attached hydrogens (tertiary/aromatic N) is 4. The molecule has 0 aromatic carbocycles. The maximum Gasteiger partial charge on any atom is 0.407 e. The predicted octanol–water partition coefficient (Wildman–Crippen LogP) is 0.895. The number of rotatable bonds is 6. The van der Waals surface area contributed by atoms with Crippen LogP contribution in [0.4, 0.5) is 4.79 Å². The minimum Gasteiger partial charge on any atom is -0.453 e. The van der Waals surface area contributed by atoms with E-state index in [1.165, 1.54) is 7.11 Å². The number of nitrogens with one attached hydrogen (secondary N) is 1. The van der Waals surface area contributed by atoms with Crippen molar-refractivity contribution in [3.8, 4) is 0 Å². The number of carbonyl (C=O) groups is 2. The second-order valence-corrected chi connectivity index (χ2v) is 6.74. The van der Waals surface area contributed by atoms with Crippen LogP contribution < -0.4 is 5.32 Å². The van der Waals surface area contributed by atoms with Crippen LogP contribution in [0.5, 0.6) is 0 Å². The van der Waals surface area contributed by atoms with Crippen molar-refractivity contribution in [1.29, 1.82) is 0 Å². The Balaban J connectivity index is 1.88. The van der Waals surface area contributed by atoms with Gasteiger partial charge in [0.15, 0.2) is 0 Å². The van der Waals surface area contributed by atoms with Gasteiger partial charge in [-0.2, -0.15) is 0 Å². The number of amides is 2. The minimum absolute atomic E-state index is 0.0696. The van der Waals surface area contributed by atoms with Crippen LogP contribution in [0, 0.1) is 0 Å². The summed E-state index contributed by atoms with van der Waals surface area (Å²) in [6.07, 6.45) is 5.06. The van der Waals surface area contributed by atoms with Crippen LogP contribution in [0.3, 0.4) is 0 Å². The molecule has 2 rings (SSSR count). The zero-order chi connectivity index (χ0) is 18.4. The van der Waals surface area contributed by atoms with Crippen LogP contribution in [0.2, 0.25) is 0 Å². The van der Waals surface area contributed by atoms with Gasteiger partial charge in [0.25, 0.3) is 0 Å². The lowest BCUT2D eigenvalue weighted by atomic mass is 9.95. The van der Waals surface area contributed by atoms with Crippen LogP contribution in [0.25, 0.3) is 0 Å². The van der Waals surface area contributed by atoms with Gasteiger partial charge in [-0.15, -0.1) is 0 Å². The van der Waals surface area contributed by atoms with Crippen LogP contribution in [0.1, 0.15) is 31.5 Å². The van der Waals surface area contributed by atoms with Gasteiger partial charge < -0.3 is 24.4 Å². The first-order valence-corrected chi connectivity index (χ1v) is 8.71. The van der Waals surface area contributed by atoms with E-state index in [9.17, 15) is 9.59 Å². The summed E-state index contributed by atoms with van der Waals surface area (Å²) in [4.78, 5) is 32.2. The highest BCUT2D eigenvalue weighted by Crippen LogP contribution is 2.27. The molecule has 2 amide bonds. The summed E-state index contributed by atoms with van der Waals surface area (Å²) >= 11 is 0. The SMILES string of the molecule is COC(=O)NC(C)C(=O)N1CCC(c2nccn2CCN(C)C)CC1. The zero-order valence-electron chi connectivity index (χ0n) is 15.6. The summed E-state index contributed by atoms with van der Waals surface area (Å²) in [5, 5.41) is 2.53. The zero-order valence-corrected chi connectivity index (χ0v) is 15.6. The molecule has 1 aliphatic heterocycles. The van der Waals surface area contributed by atoms with Crippen molar-refractivity contribution >= 4 is 12.0 Å². The van der Waals surface area contributed by atoms with Crippen LogP contribution in [-0.4, -0.2) is 78.2 Å². The number of likely N-dealkylation sites (N-methyl/N-ethyl adjacent to an activating group) is 1. The van der Waals surface area contributed by atoms with Crippen LogP contribution in [0.15, 0.2) is 12.4 Å². The van der Waals surface area contributed by atoms with Gasteiger partial charge in [0.2, 0.25) is 5.91 Å². The summed E-state index contributed by atoms with van der Waals surface area (Å²) in [5.41, 5.74) is 0. The highest BCUT2D eigenvalue weighted by molar-refractivity contribution is 5.85. The van der Waals surface area contributed by atoms with E-state index in [-0.39, 0.29) is 5.91 Å². The molecule has 0 saturated carbocycles. The molecule has 1 N–H and O–H groups in total. The number of ether oxygens (including phenoxy) is 1. The second-order valence-electron chi connectivity index (χ2n) is 6.74. The lowest BCUT2D eigenvalue weighted by molar-refractivity contribution is -0.134. The van der Waals surface area contributed by atoms with Crippen molar-refractivity contribution in [3.05, 3.63) is 18.2 Å². The fraction of sp³-hybridized carbons (Fsp3) is 0.706. The number of alkyl carbamates (subject to hydrolysis) is 1. The number of hydrogen-bond donors (Lipinski definition) is 1. The molecule has 2 heterocycles. The molecule has 0 spiro atoms. The number of carbonyl (C=O) groups excluding carboxylic acids is 2. The fourth-order valence-corrected chi connectivity index (χ4v) is 3.11. The Morgan fingerprint density at radius 2 is 2.08 bits per heavy atom. The average molecular weight is 351 g/mol. The van der Waals surface area contributed by atoms with Crippen molar-refractivity contribution in [2.45, 2.75) is 38.3 Å². The molecule has 1 aromatic rings. The molecule has 1 aliphatic rings. The highest BCUT2D eigenvalue weighted by Gasteiger charge is 2.29. The molecule has 0 radical (unpaired) electrons. The summed E-state index contributed by atoms with van der Waals surface area (Å²) in [7, 11) is 5.41. The number of piperidine rings is 1. The predicted molar refractivity (Wildman–Crippen MR) is 94.3 cm³/mol. The Morgan fingerprint density at radius 1 is 1.40 bits per heavy atom. The quantitative estimate of drug-likeness (QED) is 0.824. The monoisotopic (exact) mass is 351 g/mol. The molecule has 140 valence electrons. The van der Waals surface area contributed by atoms with Crippen molar-refractivity contribution in [3.63, 3.8) is 0 Å². The second kappa shape index (κ2) is 8.84. The van der Waals surface area contributed by atoms with Crippen molar-refractivity contribution in [1.82, 2.24) is 24.7 Å². The Hall–Kier alpha value is -2.09. The van der Waals surface area contributed by atoms with Gasteiger partial charge in [-0.3, -0.25) is 4.79 Å².